The second-order valence-corrected chi connectivity index (χ2v) is 8.90. The molecule has 5 rings (SSSR count). The normalized spacial score (nSPS) is 16.3. The molecule has 0 amide bonds. The van der Waals surface area contributed by atoms with Gasteiger partial charge in [0.05, 0.1) is 35.3 Å². The standard InChI is InChI=1S/C25H25F5N6/c26-18-2-1-3-19(27)24(18)21-12-20(17-14-31-15-22(17)33-21)34-23-5-4-16(13-32-23)36-10-8-35(9-11-36)7-6-25(28,29)30/h1-5,12-13,31H,6-11,14-15H2,(H,32,33,34). The number of hydrogen-bond donors (Lipinski definition) is 2. The quantitative estimate of drug-likeness (QED) is 0.469. The number of benzene rings is 1. The highest BCUT2D eigenvalue weighted by Crippen LogP contribution is 2.33. The summed E-state index contributed by atoms with van der Waals surface area (Å²) in [6.07, 6.45) is -3.22. The van der Waals surface area contributed by atoms with Crippen LogP contribution in [0.3, 0.4) is 0 Å². The van der Waals surface area contributed by atoms with E-state index in [4.69, 9.17) is 0 Å². The van der Waals surface area contributed by atoms with Crippen molar-refractivity contribution in [2.75, 3.05) is 42.9 Å². The lowest BCUT2D eigenvalue weighted by Gasteiger charge is -2.36. The summed E-state index contributed by atoms with van der Waals surface area (Å²) in [4.78, 5) is 12.9. The summed E-state index contributed by atoms with van der Waals surface area (Å²) in [6.45, 7) is 3.43. The lowest BCUT2D eigenvalue weighted by atomic mass is 10.1. The first-order valence-corrected chi connectivity index (χ1v) is 11.7. The third-order valence-electron chi connectivity index (χ3n) is 6.48. The van der Waals surface area contributed by atoms with Gasteiger partial charge >= 0.3 is 6.18 Å². The van der Waals surface area contributed by atoms with E-state index in [2.05, 4.69) is 25.5 Å². The van der Waals surface area contributed by atoms with Crippen LogP contribution in [0.5, 0.6) is 0 Å². The van der Waals surface area contributed by atoms with Crippen LogP contribution in [-0.4, -0.2) is 53.8 Å². The Labute approximate surface area is 205 Å². The zero-order valence-electron chi connectivity index (χ0n) is 19.4. The van der Waals surface area contributed by atoms with Crippen molar-refractivity contribution in [2.24, 2.45) is 0 Å². The largest absolute Gasteiger partial charge is 0.390 e. The Balaban J connectivity index is 1.29. The highest BCUT2D eigenvalue weighted by atomic mass is 19.4. The summed E-state index contributed by atoms with van der Waals surface area (Å²) in [7, 11) is 0. The predicted molar refractivity (Wildman–Crippen MR) is 127 cm³/mol. The number of piperazine rings is 1. The Kier molecular flexibility index (Phi) is 6.76. The fourth-order valence-electron chi connectivity index (χ4n) is 4.56. The van der Waals surface area contributed by atoms with Crippen LogP contribution in [0.4, 0.5) is 39.1 Å². The van der Waals surface area contributed by atoms with Crippen LogP contribution in [-0.2, 0) is 13.1 Å². The molecule has 1 aromatic carbocycles. The van der Waals surface area contributed by atoms with E-state index in [0.717, 1.165) is 16.9 Å². The molecule has 190 valence electrons. The molecule has 3 aromatic rings. The first-order chi connectivity index (χ1) is 17.3. The maximum Gasteiger partial charge on any atom is 0.390 e. The zero-order chi connectivity index (χ0) is 25.3. The molecule has 2 aliphatic heterocycles. The van der Waals surface area contributed by atoms with Gasteiger partial charge in [0.25, 0.3) is 0 Å². The number of hydrogen-bond acceptors (Lipinski definition) is 6. The van der Waals surface area contributed by atoms with Crippen molar-refractivity contribution in [2.45, 2.75) is 25.7 Å². The summed E-state index contributed by atoms with van der Waals surface area (Å²) < 4.78 is 66.2. The molecular weight excluding hydrogens is 479 g/mol. The fourth-order valence-corrected chi connectivity index (χ4v) is 4.56. The van der Waals surface area contributed by atoms with Gasteiger partial charge in [0.1, 0.15) is 17.5 Å². The van der Waals surface area contributed by atoms with Crippen LogP contribution in [0.1, 0.15) is 17.7 Å². The summed E-state index contributed by atoms with van der Waals surface area (Å²) in [5, 5.41) is 6.46. The molecule has 0 atom stereocenters. The number of fused-ring (bicyclic) bond motifs is 1. The van der Waals surface area contributed by atoms with Crippen molar-refractivity contribution < 1.29 is 22.0 Å². The van der Waals surface area contributed by atoms with Gasteiger partial charge < -0.3 is 15.5 Å². The smallest absolute Gasteiger partial charge is 0.368 e. The van der Waals surface area contributed by atoms with E-state index in [9.17, 15) is 22.0 Å². The number of aromatic nitrogens is 2. The molecule has 2 aromatic heterocycles. The van der Waals surface area contributed by atoms with E-state index in [1.807, 2.05) is 17.0 Å². The number of nitrogens with one attached hydrogen (secondary N) is 2. The third kappa shape index (κ3) is 5.41. The average Bonchev–Trinajstić information content (AvgIpc) is 3.32. The zero-order valence-corrected chi connectivity index (χ0v) is 19.4. The van der Waals surface area contributed by atoms with Gasteiger partial charge in [-0.2, -0.15) is 13.2 Å². The topological polar surface area (TPSA) is 56.3 Å². The van der Waals surface area contributed by atoms with E-state index < -0.39 is 24.2 Å². The Morgan fingerprint density at radius 1 is 0.972 bits per heavy atom. The summed E-state index contributed by atoms with van der Waals surface area (Å²) in [5.74, 6) is -0.802. The van der Waals surface area contributed by atoms with E-state index in [-0.39, 0.29) is 17.8 Å². The van der Waals surface area contributed by atoms with Crippen molar-refractivity contribution in [1.82, 2.24) is 20.2 Å². The average molecular weight is 505 g/mol. The minimum Gasteiger partial charge on any atom is -0.368 e. The monoisotopic (exact) mass is 504 g/mol. The first kappa shape index (κ1) is 24.4. The number of halogens is 5. The Hall–Kier alpha value is -3.31. The van der Waals surface area contributed by atoms with Crippen molar-refractivity contribution in [3.63, 3.8) is 0 Å². The molecule has 2 aliphatic rings. The third-order valence-corrected chi connectivity index (χ3v) is 6.48. The van der Waals surface area contributed by atoms with Crippen molar-refractivity contribution >= 4 is 17.2 Å². The van der Waals surface area contributed by atoms with Crippen molar-refractivity contribution in [1.29, 1.82) is 0 Å². The highest BCUT2D eigenvalue weighted by Gasteiger charge is 2.29. The molecule has 0 unspecified atom stereocenters. The molecule has 4 heterocycles. The first-order valence-electron chi connectivity index (χ1n) is 11.7. The number of nitrogens with zero attached hydrogens (tertiary/aromatic N) is 4. The van der Waals surface area contributed by atoms with Crippen LogP contribution in [0.2, 0.25) is 0 Å². The minimum absolute atomic E-state index is 0.0162. The van der Waals surface area contributed by atoms with Crippen molar-refractivity contribution in [3.8, 4) is 11.3 Å². The molecule has 2 N–H and O–H groups in total. The highest BCUT2D eigenvalue weighted by molar-refractivity contribution is 5.72. The van der Waals surface area contributed by atoms with E-state index in [0.29, 0.717) is 50.8 Å². The van der Waals surface area contributed by atoms with E-state index in [1.54, 1.807) is 12.3 Å². The van der Waals surface area contributed by atoms with Gasteiger partial charge in [-0.05, 0) is 30.3 Å². The molecule has 6 nitrogen and oxygen atoms in total. The van der Waals surface area contributed by atoms with Gasteiger partial charge in [-0.15, -0.1) is 0 Å². The number of rotatable bonds is 6. The molecule has 1 saturated heterocycles. The van der Waals surface area contributed by atoms with Crippen LogP contribution < -0.4 is 15.5 Å². The minimum atomic E-state index is -4.14. The van der Waals surface area contributed by atoms with Crippen LogP contribution in [0.25, 0.3) is 11.3 Å². The molecule has 0 aliphatic carbocycles. The maximum atomic E-state index is 14.4. The Morgan fingerprint density at radius 3 is 2.39 bits per heavy atom. The summed E-state index contributed by atoms with van der Waals surface area (Å²) >= 11 is 0. The number of alkyl halides is 3. The SMILES string of the molecule is Fc1cccc(F)c1-c1cc(Nc2ccc(N3CCN(CCC(F)(F)F)CC3)cn2)c2c(n1)CNC2. The second kappa shape index (κ2) is 9.98. The van der Waals surface area contributed by atoms with Crippen molar-refractivity contribution in [3.05, 3.63) is 65.5 Å². The molecule has 1 fully saturated rings. The Bertz CT molecular complexity index is 1200. The molecule has 11 heteroatoms. The molecule has 0 bridgehead atoms. The van der Waals surface area contributed by atoms with Gasteiger partial charge in [-0.3, -0.25) is 9.88 Å². The van der Waals surface area contributed by atoms with Crippen LogP contribution in [0, 0.1) is 11.6 Å². The number of anilines is 3. The van der Waals surface area contributed by atoms with Crippen LogP contribution in [0.15, 0.2) is 42.6 Å². The lowest BCUT2D eigenvalue weighted by Crippen LogP contribution is -2.47. The van der Waals surface area contributed by atoms with Gasteiger partial charge in [0, 0.05) is 57.1 Å². The molecule has 0 radical (unpaired) electrons. The van der Waals surface area contributed by atoms with Crippen LogP contribution >= 0.6 is 0 Å². The summed E-state index contributed by atoms with van der Waals surface area (Å²) in [5.41, 5.74) is 3.21. The van der Waals surface area contributed by atoms with Gasteiger partial charge in [0.15, 0.2) is 0 Å². The van der Waals surface area contributed by atoms with E-state index >= 15 is 0 Å². The maximum absolute atomic E-state index is 14.4. The number of pyridine rings is 2. The molecule has 36 heavy (non-hydrogen) atoms. The Morgan fingerprint density at radius 2 is 1.72 bits per heavy atom. The lowest BCUT2D eigenvalue weighted by molar-refractivity contribution is -0.138. The second-order valence-electron chi connectivity index (χ2n) is 8.90. The predicted octanol–water partition coefficient (Wildman–Crippen LogP) is 4.84. The molecule has 0 spiro atoms. The van der Waals surface area contributed by atoms with E-state index in [1.165, 1.54) is 18.2 Å². The molecular formula is C25H25F5N6. The summed E-state index contributed by atoms with van der Waals surface area (Å²) in [6, 6.07) is 9.06. The van der Waals surface area contributed by atoms with Gasteiger partial charge in [-0.25, -0.2) is 13.8 Å². The van der Waals surface area contributed by atoms with Gasteiger partial charge in [-0.1, -0.05) is 6.07 Å². The van der Waals surface area contributed by atoms with Gasteiger partial charge in [0.2, 0.25) is 0 Å². The fraction of sp³-hybridized carbons (Fsp3) is 0.360. The molecule has 0 saturated carbocycles.